The molecule has 0 radical (unpaired) electrons. The average Bonchev–Trinajstić information content (AvgIpc) is 3.33. The fourth-order valence-electron chi connectivity index (χ4n) is 5.88. The number of benzene rings is 1. The summed E-state index contributed by atoms with van der Waals surface area (Å²) in [7, 11) is 0. The molecule has 4 atom stereocenters. The molecular weight excluding hydrogens is 497 g/mol. The second-order valence-electron chi connectivity index (χ2n) is 10.6. The van der Waals surface area contributed by atoms with Crippen molar-refractivity contribution in [3.05, 3.63) is 51.9 Å². The van der Waals surface area contributed by atoms with Gasteiger partial charge in [0, 0.05) is 47.8 Å². The maximum Gasteiger partial charge on any atom is 0.231 e. The molecule has 3 heterocycles. The topological polar surface area (TPSA) is 61.4 Å². The summed E-state index contributed by atoms with van der Waals surface area (Å²) in [6.07, 6.45) is 2.98. The lowest BCUT2D eigenvalue weighted by atomic mass is 9.89. The molecule has 5 rings (SSSR count). The summed E-state index contributed by atoms with van der Waals surface area (Å²) in [5, 5.41) is 3.71. The van der Waals surface area contributed by atoms with Crippen molar-refractivity contribution in [3.8, 4) is 0 Å². The Kier molecular flexibility index (Phi) is 6.40. The molecule has 1 aliphatic carbocycles. The highest BCUT2D eigenvalue weighted by Gasteiger charge is 2.41. The van der Waals surface area contributed by atoms with Crippen LogP contribution >= 0.6 is 15.9 Å². The number of nitrogens with one attached hydrogen (secondary N) is 1. The first kappa shape index (κ1) is 23.7. The smallest absolute Gasteiger partial charge is 0.231 e. The molecule has 8 heteroatoms. The molecule has 2 aliphatic heterocycles. The zero-order valence-corrected chi connectivity index (χ0v) is 21.7. The van der Waals surface area contributed by atoms with E-state index < -0.39 is 6.17 Å². The minimum absolute atomic E-state index is 0.0373. The van der Waals surface area contributed by atoms with Crippen LogP contribution in [0.15, 0.2) is 35.1 Å². The monoisotopic (exact) mass is 529 g/mol. The highest BCUT2D eigenvalue weighted by molar-refractivity contribution is 9.10. The van der Waals surface area contributed by atoms with Gasteiger partial charge in [-0.3, -0.25) is 4.79 Å². The molecule has 1 amide bonds. The fraction of sp³-hybridized carbons (Fsp3) is 0.577. The normalized spacial score (nSPS) is 27.0. The van der Waals surface area contributed by atoms with Crippen LogP contribution in [0.1, 0.15) is 74.9 Å². The molecular formula is C26H33BrFN5O. The van der Waals surface area contributed by atoms with Gasteiger partial charge in [-0.2, -0.15) is 0 Å². The van der Waals surface area contributed by atoms with Crippen LogP contribution < -0.4 is 10.2 Å². The minimum Gasteiger partial charge on any atom is -0.353 e. The van der Waals surface area contributed by atoms with Crippen molar-refractivity contribution >= 4 is 27.7 Å². The molecule has 1 aromatic heterocycles. The van der Waals surface area contributed by atoms with E-state index in [2.05, 4.69) is 62.1 Å². The van der Waals surface area contributed by atoms with Crippen LogP contribution in [0, 0.1) is 0 Å². The molecule has 2 fully saturated rings. The van der Waals surface area contributed by atoms with Crippen molar-refractivity contribution in [1.29, 1.82) is 0 Å². The predicted molar refractivity (Wildman–Crippen MR) is 135 cm³/mol. The quantitative estimate of drug-likeness (QED) is 0.620. The Bertz CT molecular complexity index is 1050. The maximum absolute atomic E-state index is 14.4. The molecule has 1 N–H and O–H groups in total. The molecule has 2 unspecified atom stereocenters. The zero-order valence-electron chi connectivity index (χ0n) is 20.1. The van der Waals surface area contributed by atoms with Gasteiger partial charge in [0.15, 0.2) is 0 Å². The Hall–Kier alpha value is -2.06. The number of amides is 1. The molecule has 2 aromatic rings. The molecule has 34 heavy (non-hydrogen) atoms. The lowest BCUT2D eigenvalue weighted by Gasteiger charge is -2.39. The number of halogens is 2. The van der Waals surface area contributed by atoms with Crippen LogP contribution in [-0.4, -0.2) is 58.5 Å². The molecule has 182 valence electrons. The summed E-state index contributed by atoms with van der Waals surface area (Å²) < 4.78 is 15.4. The highest BCUT2D eigenvalue weighted by atomic mass is 79.9. The minimum atomic E-state index is -1.01. The van der Waals surface area contributed by atoms with Gasteiger partial charge >= 0.3 is 0 Å². The van der Waals surface area contributed by atoms with Gasteiger partial charge in [-0.25, -0.2) is 14.4 Å². The van der Waals surface area contributed by atoms with Gasteiger partial charge in [0.2, 0.25) is 5.91 Å². The summed E-state index contributed by atoms with van der Waals surface area (Å²) in [6.45, 7) is 9.10. The van der Waals surface area contributed by atoms with E-state index in [1.807, 2.05) is 24.0 Å². The number of carbonyl (C=O) groups excluding carboxylic acids is 1. The van der Waals surface area contributed by atoms with Crippen molar-refractivity contribution in [2.45, 2.75) is 69.6 Å². The summed E-state index contributed by atoms with van der Waals surface area (Å²) in [4.78, 5) is 26.8. The van der Waals surface area contributed by atoms with E-state index in [0.717, 1.165) is 34.3 Å². The van der Waals surface area contributed by atoms with E-state index in [4.69, 9.17) is 0 Å². The van der Waals surface area contributed by atoms with Gasteiger partial charge in [-0.15, -0.1) is 0 Å². The second-order valence-corrected chi connectivity index (χ2v) is 11.5. The third-order valence-electron chi connectivity index (χ3n) is 7.69. The van der Waals surface area contributed by atoms with Gasteiger partial charge in [0.1, 0.15) is 18.3 Å². The van der Waals surface area contributed by atoms with Gasteiger partial charge in [-0.1, -0.05) is 35.0 Å². The SMILES string of the molecule is C[C@@H]1C[C@@H](F)c2ncnc(N3CCN(C(=O)C(c4ccc(Br)cc4)C4CCC(C)(C)N4)CC3)c21. The van der Waals surface area contributed by atoms with Crippen molar-refractivity contribution < 1.29 is 9.18 Å². The summed E-state index contributed by atoms with van der Waals surface area (Å²) in [5.74, 6) is 0.923. The van der Waals surface area contributed by atoms with Crippen molar-refractivity contribution in [1.82, 2.24) is 20.2 Å². The largest absolute Gasteiger partial charge is 0.353 e. The molecule has 2 saturated heterocycles. The summed E-state index contributed by atoms with van der Waals surface area (Å²) in [6, 6.07) is 8.28. The van der Waals surface area contributed by atoms with Crippen molar-refractivity contribution in [3.63, 3.8) is 0 Å². The number of hydrogen-bond donors (Lipinski definition) is 1. The first-order valence-electron chi connectivity index (χ1n) is 12.3. The Morgan fingerprint density at radius 2 is 1.88 bits per heavy atom. The molecule has 0 spiro atoms. The van der Waals surface area contributed by atoms with Crippen LogP contribution in [0.2, 0.25) is 0 Å². The first-order valence-corrected chi connectivity index (χ1v) is 13.1. The number of piperazine rings is 1. The Morgan fingerprint density at radius 3 is 2.53 bits per heavy atom. The molecule has 6 nitrogen and oxygen atoms in total. The number of anilines is 1. The summed E-state index contributed by atoms with van der Waals surface area (Å²) >= 11 is 3.52. The maximum atomic E-state index is 14.4. The van der Waals surface area contributed by atoms with Gasteiger partial charge in [-0.05, 0) is 56.7 Å². The number of carbonyl (C=O) groups is 1. The van der Waals surface area contributed by atoms with Crippen molar-refractivity contribution in [2.24, 2.45) is 0 Å². The summed E-state index contributed by atoms with van der Waals surface area (Å²) in [5.41, 5.74) is 2.58. The number of alkyl halides is 1. The zero-order chi connectivity index (χ0) is 24.0. The predicted octanol–water partition coefficient (Wildman–Crippen LogP) is 4.72. The molecule has 1 aromatic carbocycles. The number of rotatable bonds is 4. The Labute approximate surface area is 209 Å². The molecule has 0 bridgehead atoms. The van der Waals surface area contributed by atoms with Crippen LogP contribution in [0.25, 0.3) is 0 Å². The van der Waals surface area contributed by atoms with Crippen LogP contribution in [-0.2, 0) is 4.79 Å². The number of hydrogen-bond acceptors (Lipinski definition) is 5. The van der Waals surface area contributed by atoms with Crippen LogP contribution in [0.3, 0.4) is 0 Å². The van der Waals surface area contributed by atoms with Gasteiger partial charge in [0.25, 0.3) is 0 Å². The molecule has 3 aliphatic rings. The van der Waals surface area contributed by atoms with Crippen molar-refractivity contribution in [2.75, 3.05) is 31.1 Å². The van der Waals surface area contributed by atoms with Crippen LogP contribution in [0.4, 0.5) is 10.2 Å². The number of aromatic nitrogens is 2. The van der Waals surface area contributed by atoms with E-state index in [1.54, 1.807) is 0 Å². The highest BCUT2D eigenvalue weighted by Crippen LogP contribution is 2.44. The van der Waals surface area contributed by atoms with Gasteiger partial charge in [0.05, 0.1) is 11.6 Å². The van der Waals surface area contributed by atoms with Crippen LogP contribution in [0.5, 0.6) is 0 Å². The van der Waals surface area contributed by atoms with Gasteiger partial charge < -0.3 is 15.1 Å². The first-order chi connectivity index (χ1) is 16.2. The number of nitrogens with zero attached hydrogens (tertiary/aromatic N) is 4. The van der Waals surface area contributed by atoms with E-state index in [9.17, 15) is 9.18 Å². The molecule has 0 saturated carbocycles. The van der Waals surface area contributed by atoms with E-state index >= 15 is 0 Å². The van der Waals surface area contributed by atoms with E-state index in [-0.39, 0.29) is 29.3 Å². The third kappa shape index (κ3) is 4.47. The number of fused-ring (bicyclic) bond motifs is 1. The standard InChI is InChI=1S/C26H33BrFN5O/c1-16-14-19(28)23-21(16)24(30-15-29-23)32-10-12-33(13-11-32)25(34)22(17-4-6-18(27)7-5-17)20-8-9-26(2,3)31-20/h4-7,15-16,19-20,22,31H,8-14H2,1-3H3/t16-,19-,20?,22?/m1/s1. The Balaban J connectivity index is 1.33. The second kappa shape index (κ2) is 9.19. The fourth-order valence-corrected chi connectivity index (χ4v) is 6.14. The average molecular weight is 530 g/mol. The van der Waals surface area contributed by atoms with E-state index in [1.165, 1.54) is 6.33 Å². The third-order valence-corrected chi connectivity index (χ3v) is 8.22. The Morgan fingerprint density at radius 1 is 1.18 bits per heavy atom. The lowest BCUT2D eigenvalue weighted by Crippen LogP contribution is -2.53. The lowest BCUT2D eigenvalue weighted by molar-refractivity contribution is -0.133. The van der Waals surface area contributed by atoms with E-state index in [0.29, 0.717) is 38.3 Å².